The average Bonchev–Trinajstić information content (AvgIpc) is 2.68. The van der Waals surface area contributed by atoms with Crippen molar-refractivity contribution in [1.82, 2.24) is 9.55 Å². The summed E-state index contributed by atoms with van der Waals surface area (Å²) < 4.78 is 7.63. The molecule has 4 nitrogen and oxygen atoms in total. The first-order chi connectivity index (χ1) is 13.1. The fourth-order valence-corrected chi connectivity index (χ4v) is 4.66. The van der Waals surface area contributed by atoms with Crippen molar-refractivity contribution in [2.75, 3.05) is 12.4 Å². The third-order valence-electron chi connectivity index (χ3n) is 5.01. The first-order valence-corrected chi connectivity index (χ1v) is 10.5. The van der Waals surface area contributed by atoms with E-state index in [1.807, 2.05) is 43.3 Å². The Morgan fingerprint density at radius 1 is 1.19 bits per heavy atom. The summed E-state index contributed by atoms with van der Waals surface area (Å²) in [6.45, 7) is 4.94. The van der Waals surface area contributed by atoms with Crippen LogP contribution in [0.25, 0.3) is 16.6 Å². The van der Waals surface area contributed by atoms with Crippen LogP contribution in [0.1, 0.15) is 30.4 Å². The lowest BCUT2D eigenvalue weighted by Gasteiger charge is -2.22. The van der Waals surface area contributed by atoms with Gasteiger partial charge >= 0.3 is 0 Å². The average molecular weight is 381 g/mol. The lowest BCUT2D eigenvalue weighted by atomic mass is 10.1. The van der Waals surface area contributed by atoms with Crippen LogP contribution in [0, 0.1) is 13.8 Å². The topological polar surface area (TPSA) is 44.1 Å². The summed E-state index contributed by atoms with van der Waals surface area (Å²) in [5.41, 5.74) is 3.89. The van der Waals surface area contributed by atoms with Gasteiger partial charge in [-0.2, -0.15) is 0 Å². The van der Waals surface area contributed by atoms with E-state index < -0.39 is 0 Å². The third kappa shape index (κ3) is 3.80. The maximum Gasteiger partial charge on any atom is 0.266 e. The van der Waals surface area contributed by atoms with E-state index in [1.165, 1.54) is 12.0 Å². The van der Waals surface area contributed by atoms with Crippen LogP contribution in [0.15, 0.2) is 52.4 Å². The van der Waals surface area contributed by atoms with E-state index >= 15 is 0 Å². The summed E-state index contributed by atoms with van der Waals surface area (Å²) in [5, 5.41) is 1.38. The maximum absolute atomic E-state index is 13.3. The Balaban J connectivity index is 1.81. The molecule has 27 heavy (non-hydrogen) atoms. The monoisotopic (exact) mass is 380 g/mol. The highest BCUT2D eigenvalue weighted by atomic mass is 32.2. The van der Waals surface area contributed by atoms with Gasteiger partial charge in [-0.3, -0.25) is 9.36 Å². The van der Waals surface area contributed by atoms with Crippen molar-refractivity contribution in [3.63, 3.8) is 0 Å². The number of thioether (sulfide) groups is 1. The van der Waals surface area contributed by atoms with Crippen LogP contribution < -0.4 is 5.56 Å². The highest BCUT2D eigenvalue weighted by molar-refractivity contribution is 7.99. The first kappa shape index (κ1) is 18.3. The molecule has 140 valence electrons. The number of ether oxygens (including phenoxy) is 1. The lowest BCUT2D eigenvalue weighted by Crippen LogP contribution is -2.25. The number of nitrogens with zero attached hydrogens (tertiary/aromatic N) is 2. The fourth-order valence-electron chi connectivity index (χ4n) is 3.58. The normalized spacial score (nSPS) is 17.3. The minimum atomic E-state index is -0.0142. The zero-order valence-electron chi connectivity index (χ0n) is 15.8. The van der Waals surface area contributed by atoms with Crippen LogP contribution in [0.2, 0.25) is 0 Å². The quantitative estimate of drug-likeness (QED) is 0.488. The molecule has 1 fully saturated rings. The third-order valence-corrected chi connectivity index (χ3v) is 6.08. The molecule has 1 aliphatic heterocycles. The van der Waals surface area contributed by atoms with Gasteiger partial charge in [0, 0.05) is 12.4 Å². The van der Waals surface area contributed by atoms with Crippen LogP contribution >= 0.6 is 11.8 Å². The molecule has 1 saturated heterocycles. The van der Waals surface area contributed by atoms with Gasteiger partial charge in [0.15, 0.2) is 5.16 Å². The smallest absolute Gasteiger partial charge is 0.266 e. The molecule has 2 aromatic carbocycles. The number of rotatable bonds is 4. The molecular weight excluding hydrogens is 356 g/mol. The highest BCUT2D eigenvalue weighted by Crippen LogP contribution is 2.26. The Morgan fingerprint density at radius 3 is 2.81 bits per heavy atom. The standard InChI is InChI=1S/C22H24N2O2S/c1-15-10-11-20(16(2)13-15)24-21(25)18-8-3-4-9-19(18)23-22(24)27-14-17-7-5-6-12-26-17/h3-4,8-11,13,17H,5-7,12,14H2,1-2H3/t17-/m0/s1. The second-order valence-corrected chi connectivity index (χ2v) is 8.13. The number of fused-ring (bicyclic) bond motifs is 1. The van der Waals surface area contributed by atoms with Crippen molar-refractivity contribution in [3.8, 4) is 5.69 Å². The molecule has 0 aliphatic carbocycles. The molecule has 3 aromatic rings. The highest BCUT2D eigenvalue weighted by Gasteiger charge is 2.18. The van der Waals surface area contributed by atoms with Crippen molar-refractivity contribution >= 4 is 22.7 Å². The Labute approximate surface area is 163 Å². The van der Waals surface area contributed by atoms with E-state index in [1.54, 1.807) is 16.3 Å². The molecule has 1 aliphatic rings. The second-order valence-electron chi connectivity index (χ2n) is 7.14. The molecule has 0 radical (unpaired) electrons. The van der Waals surface area contributed by atoms with Gasteiger partial charge in [0.25, 0.3) is 5.56 Å². The predicted molar refractivity (Wildman–Crippen MR) is 111 cm³/mol. The van der Waals surface area contributed by atoms with E-state index in [9.17, 15) is 4.79 Å². The Hall–Kier alpha value is -2.11. The number of hydrogen-bond donors (Lipinski definition) is 0. The first-order valence-electron chi connectivity index (χ1n) is 9.47. The summed E-state index contributed by atoms with van der Waals surface area (Å²) in [4.78, 5) is 18.1. The minimum Gasteiger partial charge on any atom is -0.377 e. The molecule has 0 amide bonds. The number of benzene rings is 2. The Bertz CT molecular complexity index is 1020. The van der Waals surface area contributed by atoms with Crippen LogP contribution in [0.4, 0.5) is 0 Å². The molecule has 0 unspecified atom stereocenters. The van der Waals surface area contributed by atoms with Crippen LogP contribution in [0.3, 0.4) is 0 Å². The van der Waals surface area contributed by atoms with E-state index in [4.69, 9.17) is 9.72 Å². The molecular formula is C22H24N2O2S. The summed E-state index contributed by atoms with van der Waals surface area (Å²) in [6.07, 6.45) is 3.66. The molecule has 2 heterocycles. The number of hydrogen-bond acceptors (Lipinski definition) is 4. The summed E-state index contributed by atoms with van der Waals surface area (Å²) in [7, 11) is 0. The zero-order chi connectivity index (χ0) is 18.8. The van der Waals surface area contributed by atoms with Gasteiger partial charge in [-0.05, 0) is 56.9 Å². The summed E-state index contributed by atoms with van der Waals surface area (Å²) in [5.74, 6) is 0.815. The molecule has 0 bridgehead atoms. The largest absolute Gasteiger partial charge is 0.377 e. The minimum absolute atomic E-state index is 0.0142. The SMILES string of the molecule is Cc1ccc(-n2c(SC[C@@H]3CCCCO3)nc3ccccc3c2=O)c(C)c1. The van der Waals surface area contributed by atoms with Crippen molar-refractivity contribution in [1.29, 1.82) is 0 Å². The summed E-state index contributed by atoms with van der Waals surface area (Å²) >= 11 is 1.62. The molecule has 1 atom stereocenters. The molecule has 0 N–H and O–H groups in total. The van der Waals surface area contributed by atoms with E-state index in [2.05, 4.69) is 13.0 Å². The van der Waals surface area contributed by atoms with E-state index in [0.717, 1.165) is 47.1 Å². The van der Waals surface area contributed by atoms with Gasteiger partial charge in [0.1, 0.15) is 0 Å². The van der Waals surface area contributed by atoms with Crippen LogP contribution in [0.5, 0.6) is 0 Å². The maximum atomic E-state index is 13.3. The summed E-state index contributed by atoms with van der Waals surface area (Å²) in [6, 6.07) is 13.7. The van der Waals surface area contributed by atoms with Crippen molar-refractivity contribution < 1.29 is 4.74 Å². The van der Waals surface area contributed by atoms with Crippen molar-refractivity contribution in [3.05, 3.63) is 63.9 Å². The molecule has 5 heteroatoms. The molecule has 1 aromatic heterocycles. The Kier molecular flexibility index (Phi) is 5.32. The number of para-hydroxylation sites is 1. The van der Waals surface area contributed by atoms with Gasteiger partial charge in [0.2, 0.25) is 0 Å². The van der Waals surface area contributed by atoms with Crippen molar-refractivity contribution in [2.45, 2.75) is 44.4 Å². The predicted octanol–water partition coefficient (Wildman–Crippen LogP) is 4.66. The van der Waals surface area contributed by atoms with Crippen LogP contribution in [-0.4, -0.2) is 28.0 Å². The zero-order valence-corrected chi connectivity index (χ0v) is 16.6. The van der Waals surface area contributed by atoms with Crippen molar-refractivity contribution in [2.24, 2.45) is 0 Å². The van der Waals surface area contributed by atoms with Gasteiger partial charge in [-0.1, -0.05) is 41.6 Å². The van der Waals surface area contributed by atoms with E-state index in [0.29, 0.717) is 5.39 Å². The fraction of sp³-hybridized carbons (Fsp3) is 0.364. The van der Waals surface area contributed by atoms with Crippen LogP contribution in [-0.2, 0) is 4.74 Å². The lowest BCUT2D eigenvalue weighted by molar-refractivity contribution is 0.0315. The molecule has 0 saturated carbocycles. The number of aromatic nitrogens is 2. The second kappa shape index (κ2) is 7.87. The van der Waals surface area contributed by atoms with Gasteiger partial charge in [-0.15, -0.1) is 0 Å². The van der Waals surface area contributed by atoms with E-state index in [-0.39, 0.29) is 11.7 Å². The van der Waals surface area contributed by atoms with Gasteiger partial charge < -0.3 is 4.74 Å². The van der Waals surface area contributed by atoms with Gasteiger partial charge in [0.05, 0.1) is 22.7 Å². The number of aryl methyl sites for hydroxylation is 2. The molecule has 0 spiro atoms. The molecule has 4 rings (SSSR count). The van der Waals surface area contributed by atoms with Gasteiger partial charge in [-0.25, -0.2) is 4.98 Å². The Morgan fingerprint density at radius 2 is 2.04 bits per heavy atom.